The summed E-state index contributed by atoms with van der Waals surface area (Å²) in [5.41, 5.74) is 2.08. The Bertz CT molecular complexity index is 881. The number of hydrogen-bond donors (Lipinski definition) is 2. The number of nitrogens with zero attached hydrogens (tertiary/aromatic N) is 1. The first kappa shape index (κ1) is 18.2. The van der Waals surface area contributed by atoms with E-state index in [1.165, 1.54) is 29.5 Å². The first-order chi connectivity index (χ1) is 12.6. The van der Waals surface area contributed by atoms with Crippen molar-refractivity contribution in [3.63, 3.8) is 0 Å². The van der Waals surface area contributed by atoms with Gasteiger partial charge in [-0.3, -0.25) is 4.79 Å². The van der Waals surface area contributed by atoms with Crippen LogP contribution in [-0.4, -0.2) is 24.0 Å². The van der Waals surface area contributed by atoms with Gasteiger partial charge in [0.1, 0.15) is 11.6 Å². The summed E-state index contributed by atoms with van der Waals surface area (Å²) in [6.45, 7) is 0.604. The molecule has 0 aliphatic carbocycles. The number of thiazole rings is 1. The number of rotatable bonds is 7. The van der Waals surface area contributed by atoms with Crippen LogP contribution in [0.2, 0.25) is 0 Å². The second-order valence-corrected chi connectivity index (χ2v) is 6.47. The van der Waals surface area contributed by atoms with Crippen LogP contribution in [0.5, 0.6) is 0 Å². The molecule has 3 aromatic rings. The largest absolute Gasteiger partial charge is 0.308 e. The Labute approximate surface area is 153 Å². The fraction of sp³-hybridized carbons (Fsp3) is 0.158. The molecule has 0 bridgehead atoms. The molecule has 4 nitrogen and oxygen atoms in total. The minimum Gasteiger partial charge on any atom is -0.308 e. The van der Waals surface area contributed by atoms with Crippen molar-refractivity contribution in [2.75, 3.05) is 18.4 Å². The highest BCUT2D eigenvalue weighted by Gasteiger charge is 2.08. The highest BCUT2D eigenvalue weighted by Crippen LogP contribution is 2.24. The molecule has 0 saturated carbocycles. The number of aromatic nitrogens is 1. The maximum atomic E-state index is 13.5. The normalized spacial score (nSPS) is 10.7. The van der Waals surface area contributed by atoms with Gasteiger partial charge in [-0.25, -0.2) is 13.8 Å². The van der Waals surface area contributed by atoms with Gasteiger partial charge in [0, 0.05) is 10.9 Å². The van der Waals surface area contributed by atoms with Crippen LogP contribution in [0.1, 0.15) is 5.56 Å². The van der Waals surface area contributed by atoms with E-state index in [1.807, 2.05) is 0 Å². The van der Waals surface area contributed by atoms with Crippen LogP contribution in [0, 0.1) is 11.6 Å². The first-order valence-corrected chi connectivity index (χ1v) is 8.95. The van der Waals surface area contributed by atoms with E-state index in [-0.39, 0.29) is 24.1 Å². The van der Waals surface area contributed by atoms with E-state index in [0.717, 1.165) is 5.56 Å². The maximum absolute atomic E-state index is 13.5. The Balaban J connectivity index is 1.45. The zero-order valence-electron chi connectivity index (χ0n) is 13.8. The monoisotopic (exact) mass is 373 g/mol. The smallest absolute Gasteiger partial charge is 0.240 e. The molecule has 3 rings (SSSR count). The summed E-state index contributed by atoms with van der Waals surface area (Å²) in [5, 5.41) is 7.97. The third-order valence-electron chi connectivity index (χ3n) is 3.71. The van der Waals surface area contributed by atoms with Gasteiger partial charge in [0.25, 0.3) is 0 Å². The molecule has 0 aliphatic rings. The average molecular weight is 373 g/mol. The molecule has 26 heavy (non-hydrogen) atoms. The topological polar surface area (TPSA) is 54.0 Å². The SMILES string of the molecule is O=C(CNCCc1ccccc1F)Nc1nc(-c2ccc(F)cc2)cs1. The van der Waals surface area contributed by atoms with Gasteiger partial charge in [-0.2, -0.15) is 0 Å². The predicted molar refractivity (Wildman–Crippen MR) is 99.1 cm³/mol. The minimum atomic E-state index is -0.307. The average Bonchev–Trinajstić information content (AvgIpc) is 3.09. The zero-order valence-corrected chi connectivity index (χ0v) is 14.7. The lowest BCUT2D eigenvalue weighted by molar-refractivity contribution is -0.115. The molecule has 0 atom stereocenters. The van der Waals surface area contributed by atoms with Gasteiger partial charge < -0.3 is 10.6 Å². The number of carbonyl (C=O) groups excluding carboxylic acids is 1. The molecule has 0 unspecified atom stereocenters. The van der Waals surface area contributed by atoms with Crippen molar-refractivity contribution < 1.29 is 13.6 Å². The highest BCUT2D eigenvalue weighted by molar-refractivity contribution is 7.14. The Morgan fingerprint density at radius 1 is 1.08 bits per heavy atom. The molecule has 1 aromatic heterocycles. The van der Waals surface area contributed by atoms with Crippen molar-refractivity contribution in [3.05, 3.63) is 71.1 Å². The third kappa shape index (κ3) is 4.93. The third-order valence-corrected chi connectivity index (χ3v) is 4.46. The van der Waals surface area contributed by atoms with Gasteiger partial charge in [-0.1, -0.05) is 18.2 Å². The Morgan fingerprint density at radius 3 is 2.62 bits per heavy atom. The van der Waals surface area contributed by atoms with Gasteiger partial charge in [0.15, 0.2) is 5.13 Å². The molecule has 7 heteroatoms. The highest BCUT2D eigenvalue weighted by atomic mass is 32.1. The number of benzene rings is 2. The Hall–Kier alpha value is -2.64. The van der Waals surface area contributed by atoms with Crippen LogP contribution in [0.4, 0.5) is 13.9 Å². The van der Waals surface area contributed by atoms with Crippen LogP contribution in [0.3, 0.4) is 0 Å². The fourth-order valence-corrected chi connectivity index (χ4v) is 3.11. The molecule has 1 heterocycles. The van der Waals surface area contributed by atoms with E-state index < -0.39 is 0 Å². The van der Waals surface area contributed by atoms with Crippen molar-refractivity contribution in [2.45, 2.75) is 6.42 Å². The molecular formula is C19H17F2N3OS. The molecular weight excluding hydrogens is 356 g/mol. The van der Waals surface area contributed by atoms with E-state index in [4.69, 9.17) is 0 Å². The van der Waals surface area contributed by atoms with Crippen LogP contribution in [0.25, 0.3) is 11.3 Å². The maximum Gasteiger partial charge on any atom is 0.240 e. The predicted octanol–water partition coefficient (Wildman–Crippen LogP) is 3.86. The Kier molecular flexibility index (Phi) is 6.04. The summed E-state index contributed by atoms with van der Waals surface area (Å²) in [7, 11) is 0. The summed E-state index contributed by atoms with van der Waals surface area (Å²) >= 11 is 1.30. The van der Waals surface area contributed by atoms with E-state index in [0.29, 0.717) is 29.4 Å². The summed E-state index contributed by atoms with van der Waals surface area (Å²) in [5.74, 6) is -0.771. The van der Waals surface area contributed by atoms with Gasteiger partial charge in [0.2, 0.25) is 5.91 Å². The first-order valence-electron chi connectivity index (χ1n) is 8.07. The van der Waals surface area contributed by atoms with Crippen molar-refractivity contribution >= 4 is 22.4 Å². The number of anilines is 1. The number of halogens is 2. The van der Waals surface area contributed by atoms with E-state index in [1.54, 1.807) is 35.7 Å². The van der Waals surface area contributed by atoms with E-state index in [9.17, 15) is 13.6 Å². The molecule has 2 aromatic carbocycles. The van der Waals surface area contributed by atoms with Crippen molar-refractivity contribution in [1.82, 2.24) is 10.3 Å². The van der Waals surface area contributed by atoms with E-state index in [2.05, 4.69) is 15.6 Å². The fourth-order valence-electron chi connectivity index (χ4n) is 2.37. The lowest BCUT2D eigenvalue weighted by Crippen LogP contribution is -2.29. The van der Waals surface area contributed by atoms with Crippen molar-refractivity contribution in [1.29, 1.82) is 0 Å². The lowest BCUT2D eigenvalue weighted by atomic mass is 10.1. The number of amides is 1. The minimum absolute atomic E-state index is 0.111. The van der Waals surface area contributed by atoms with Crippen molar-refractivity contribution in [2.24, 2.45) is 0 Å². The standard InChI is InChI=1S/C19H17F2N3OS/c20-15-7-5-14(6-8-15)17-12-26-19(23-17)24-18(25)11-22-10-9-13-3-1-2-4-16(13)21/h1-8,12,22H,9-11H2,(H,23,24,25). The van der Waals surface area contributed by atoms with Gasteiger partial charge in [-0.15, -0.1) is 11.3 Å². The second kappa shape index (κ2) is 8.64. The Morgan fingerprint density at radius 2 is 1.85 bits per heavy atom. The molecule has 0 fully saturated rings. The van der Waals surface area contributed by atoms with E-state index >= 15 is 0 Å². The molecule has 0 saturated heterocycles. The van der Waals surface area contributed by atoms with Gasteiger partial charge in [0.05, 0.1) is 12.2 Å². The molecule has 0 spiro atoms. The van der Waals surface area contributed by atoms with Crippen LogP contribution >= 0.6 is 11.3 Å². The van der Waals surface area contributed by atoms with Gasteiger partial charge >= 0.3 is 0 Å². The van der Waals surface area contributed by atoms with Crippen LogP contribution in [0.15, 0.2) is 53.9 Å². The summed E-state index contributed by atoms with van der Waals surface area (Å²) < 4.78 is 26.4. The van der Waals surface area contributed by atoms with Crippen LogP contribution in [-0.2, 0) is 11.2 Å². The zero-order chi connectivity index (χ0) is 18.4. The van der Waals surface area contributed by atoms with Gasteiger partial charge in [-0.05, 0) is 48.9 Å². The molecule has 134 valence electrons. The molecule has 0 aliphatic heterocycles. The summed E-state index contributed by atoms with van der Waals surface area (Å²) in [6, 6.07) is 12.6. The number of carbonyl (C=O) groups is 1. The van der Waals surface area contributed by atoms with Crippen molar-refractivity contribution in [3.8, 4) is 11.3 Å². The lowest BCUT2D eigenvalue weighted by Gasteiger charge is -2.05. The summed E-state index contributed by atoms with van der Waals surface area (Å²) in [4.78, 5) is 16.3. The van der Waals surface area contributed by atoms with Crippen LogP contribution < -0.4 is 10.6 Å². The quantitative estimate of drug-likeness (QED) is 0.619. The second-order valence-electron chi connectivity index (χ2n) is 5.61. The molecule has 2 N–H and O–H groups in total. The molecule has 0 radical (unpaired) electrons. The molecule has 1 amide bonds. The summed E-state index contributed by atoms with van der Waals surface area (Å²) in [6.07, 6.45) is 0.506. The number of hydrogen-bond acceptors (Lipinski definition) is 4. The number of nitrogens with one attached hydrogen (secondary N) is 2.